The minimum Gasteiger partial charge on any atom is -0.437 e. The molecule has 0 bridgehead atoms. The Morgan fingerprint density at radius 3 is 2.70 bits per heavy atom. The first-order valence-electron chi connectivity index (χ1n) is 10.2. The molecule has 0 saturated carbocycles. The van der Waals surface area contributed by atoms with E-state index in [9.17, 15) is 8.42 Å². The minimum atomic E-state index is -3.44. The van der Waals surface area contributed by atoms with Crippen LogP contribution in [-0.2, 0) is 10.0 Å². The second-order valence-corrected chi connectivity index (χ2v) is 10.2. The molecule has 0 aliphatic rings. The summed E-state index contributed by atoms with van der Waals surface area (Å²) in [5, 5.41) is 1.48. The standard InChI is InChI=1S/C23H22BrN5O3S/c1-3-11-33(30,31)29-20-6-4-5-17-16(20)8-7-14(2)21(17)32-22-18(12-15(24)13-27-22)19-9-10-26-23(25)28-19/h4-10,12-13,29H,3,11H2,1-2H3,(H2,25,26,28). The number of nitrogens with one attached hydrogen (secondary N) is 1. The van der Waals surface area contributed by atoms with Gasteiger partial charge in [0.15, 0.2) is 0 Å². The van der Waals surface area contributed by atoms with Crippen LogP contribution in [0.15, 0.2) is 59.3 Å². The number of nitrogen functional groups attached to an aromatic ring is 1. The van der Waals surface area contributed by atoms with Crippen molar-refractivity contribution in [1.82, 2.24) is 15.0 Å². The van der Waals surface area contributed by atoms with E-state index in [1.165, 1.54) is 0 Å². The topological polar surface area (TPSA) is 120 Å². The Balaban J connectivity index is 1.82. The maximum Gasteiger partial charge on any atom is 0.232 e. The van der Waals surface area contributed by atoms with Crippen LogP contribution in [0, 0.1) is 6.92 Å². The molecule has 8 nitrogen and oxygen atoms in total. The van der Waals surface area contributed by atoms with Gasteiger partial charge < -0.3 is 10.5 Å². The van der Waals surface area contributed by atoms with Crippen LogP contribution < -0.4 is 15.2 Å². The Hall–Kier alpha value is -3.24. The predicted octanol–water partition coefficient (Wildman–Crippen LogP) is 5.29. The Morgan fingerprint density at radius 2 is 1.94 bits per heavy atom. The van der Waals surface area contributed by atoms with Crippen LogP contribution in [0.5, 0.6) is 11.6 Å². The molecular weight excluding hydrogens is 506 g/mol. The van der Waals surface area contributed by atoms with Crippen molar-refractivity contribution >= 4 is 48.4 Å². The lowest BCUT2D eigenvalue weighted by Crippen LogP contribution is -2.16. The average Bonchev–Trinajstić information content (AvgIpc) is 2.76. The van der Waals surface area contributed by atoms with E-state index in [-0.39, 0.29) is 11.7 Å². The summed E-state index contributed by atoms with van der Waals surface area (Å²) in [5.41, 5.74) is 8.34. The molecule has 0 unspecified atom stereocenters. The molecule has 4 rings (SSSR count). The lowest BCUT2D eigenvalue weighted by molar-refractivity contribution is 0.466. The fourth-order valence-corrected chi connectivity index (χ4v) is 4.95. The lowest BCUT2D eigenvalue weighted by Gasteiger charge is -2.16. The molecule has 0 aliphatic heterocycles. The number of aromatic nitrogens is 3. The molecule has 170 valence electrons. The normalized spacial score (nSPS) is 11.5. The molecule has 0 spiro atoms. The third-order valence-corrected chi connectivity index (χ3v) is 6.82. The van der Waals surface area contributed by atoms with Crippen molar-refractivity contribution in [2.45, 2.75) is 20.3 Å². The summed E-state index contributed by atoms with van der Waals surface area (Å²) in [5.74, 6) is 1.10. The van der Waals surface area contributed by atoms with Crippen LogP contribution in [-0.4, -0.2) is 29.1 Å². The van der Waals surface area contributed by atoms with Gasteiger partial charge in [-0.1, -0.05) is 31.2 Å². The quantitative estimate of drug-likeness (QED) is 0.335. The molecule has 0 radical (unpaired) electrons. The molecule has 2 heterocycles. The van der Waals surface area contributed by atoms with E-state index >= 15 is 0 Å². The summed E-state index contributed by atoms with van der Waals surface area (Å²) >= 11 is 3.44. The molecule has 2 aromatic heterocycles. The zero-order chi connectivity index (χ0) is 23.6. The van der Waals surface area contributed by atoms with Gasteiger partial charge in [0.25, 0.3) is 0 Å². The first kappa shape index (κ1) is 22.9. The molecule has 0 atom stereocenters. The molecule has 4 aromatic rings. The van der Waals surface area contributed by atoms with Crippen LogP contribution in [0.25, 0.3) is 22.0 Å². The fourth-order valence-electron chi connectivity index (χ4n) is 3.46. The average molecular weight is 528 g/mol. The Bertz CT molecular complexity index is 1440. The van der Waals surface area contributed by atoms with Gasteiger partial charge in [0.1, 0.15) is 5.75 Å². The number of halogens is 1. The molecule has 10 heteroatoms. The van der Waals surface area contributed by atoms with Gasteiger partial charge in [-0.2, -0.15) is 0 Å². The number of fused-ring (bicyclic) bond motifs is 1. The predicted molar refractivity (Wildman–Crippen MR) is 134 cm³/mol. The maximum absolute atomic E-state index is 12.4. The summed E-state index contributed by atoms with van der Waals surface area (Å²) in [7, 11) is -3.44. The van der Waals surface area contributed by atoms with E-state index in [1.807, 2.05) is 38.1 Å². The maximum atomic E-state index is 12.4. The van der Waals surface area contributed by atoms with Gasteiger partial charge in [0.05, 0.1) is 22.7 Å². The number of nitrogens with two attached hydrogens (primary N) is 1. The zero-order valence-corrected chi connectivity index (χ0v) is 20.4. The highest BCUT2D eigenvalue weighted by Crippen LogP contribution is 2.39. The molecule has 2 aromatic carbocycles. The van der Waals surface area contributed by atoms with Crippen LogP contribution >= 0.6 is 15.9 Å². The third-order valence-electron chi connectivity index (χ3n) is 4.91. The number of pyridine rings is 1. The number of rotatable bonds is 7. The number of benzene rings is 2. The molecule has 3 N–H and O–H groups in total. The van der Waals surface area contributed by atoms with E-state index in [1.54, 1.807) is 30.6 Å². The Morgan fingerprint density at radius 1 is 1.12 bits per heavy atom. The van der Waals surface area contributed by atoms with Crippen molar-refractivity contribution in [1.29, 1.82) is 0 Å². The second kappa shape index (κ2) is 9.32. The minimum absolute atomic E-state index is 0.0485. The molecule has 0 aliphatic carbocycles. The van der Waals surface area contributed by atoms with Crippen molar-refractivity contribution < 1.29 is 13.2 Å². The molecule has 0 saturated heterocycles. The highest BCUT2D eigenvalue weighted by atomic mass is 79.9. The van der Waals surface area contributed by atoms with E-state index in [2.05, 4.69) is 35.6 Å². The number of hydrogen-bond acceptors (Lipinski definition) is 7. The number of sulfonamides is 1. The van der Waals surface area contributed by atoms with Gasteiger partial charge >= 0.3 is 0 Å². The van der Waals surface area contributed by atoms with E-state index < -0.39 is 10.0 Å². The van der Waals surface area contributed by atoms with Crippen molar-refractivity contribution in [2.75, 3.05) is 16.2 Å². The number of hydrogen-bond donors (Lipinski definition) is 2. The third kappa shape index (κ3) is 5.07. The second-order valence-electron chi connectivity index (χ2n) is 7.44. The van der Waals surface area contributed by atoms with Gasteiger partial charge in [-0.05, 0) is 53.0 Å². The van der Waals surface area contributed by atoms with Crippen LogP contribution in [0.3, 0.4) is 0 Å². The Labute approximate surface area is 200 Å². The largest absolute Gasteiger partial charge is 0.437 e. The molecule has 0 amide bonds. The SMILES string of the molecule is CCCS(=O)(=O)Nc1cccc2c(Oc3ncc(Br)cc3-c3ccnc(N)n3)c(C)ccc12. The van der Waals surface area contributed by atoms with Gasteiger partial charge in [-0.25, -0.2) is 23.4 Å². The summed E-state index contributed by atoms with van der Waals surface area (Å²) < 4.78 is 34.5. The summed E-state index contributed by atoms with van der Waals surface area (Å²) in [6.45, 7) is 3.75. The first-order chi connectivity index (χ1) is 15.8. The van der Waals surface area contributed by atoms with E-state index in [0.29, 0.717) is 35.0 Å². The monoisotopic (exact) mass is 527 g/mol. The number of aryl methyl sites for hydroxylation is 1. The van der Waals surface area contributed by atoms with Gasteiger partial charge in [-0.3, -0.25) is 4.72 Å². The Kier molecular flexibility index (Phi) is 6.48. The van der Waals surface area contributed by atoms with E-state index in [4.69, 9.17) is 10.5 Å². The summed E-state index contributed by atoms with van der Waals surface area (Å²) in [6, 6.07) is 12.7. The van der Waals surface area contributed by atoms with E-state index in [0.717, 1.165) is 20.8 Å². The van der Waals surface area contributed by atoms with Crippen LogP contribution in [0.1, 0.15) is 18.9 Å². The zero-order valence-electron chi connectivity index (χ0n) is 18.0. The van der Waals surface area contributed by atoms with Crippen molar-refractivity contribution in [3.05, 3.63) is 64.9 Å². The molecular formula is C23H22BrN5O3S. The highest BCUT2D eigenvalue weighted by Gasteiger charge is 2.17. The van der Waals surface area contributed by atoms with Gasteiger partial charge in [0, 0.05) is 27.6 Å². The van der Waals surface area contributed by atoms with Crippen molar-refractivity contribution in [3.63, 3.8) is 0 Å². The number of nitrogens with zero attached hydrogens (tertiary/aromatic N) is 3. The number of ether oxygens (including phenoxy) is 1. The lowest BCUT2D eigenvalue weighted by atomic mass is 10.0. The van der Waals surface area contributed by atoms with Crippen molar-refractivity contribution in [2.24, 2.45) is 0 Å². The highest BCUT2D eigenvalue weighted by molar-refractivity contribution is 9.10. The van der Waals surface area contributed by atoms with Gasteiger partial charge in [-0.15, -0.1) is 0 Å². The summed E-state index contributed by atoms with van der Waals surface area (Å²) in [6.07, 6.45) is 3.73. The summed E-state index contributed by atoms with van der Waals surface area (Å²) in [4.78, 5) is 12.7. The molecule has 33 heavy (non-hydrogen) atoms. The van der Waals surface area contributed by atoms with Crippen LogP contribution in [0.4, 0.5) is 11.6 Å². The smallest absolute Gasteiger partial charge is 0.232 e. The van der Waals surface area contributed by atoms with Crippen molar-refractivity contribution in [3.8, 4) is 22.9 Å². The first-order valence-corrected chi connectivity index (χ1v) is 12.7. The number of anilines is 2. The van der Waals surface area contributed by atoms with Gasteiger partial charge in [0.2, 0.25) is 21.9 Å². The fraction of sp³-hybridized carbons (Fsp3) is 0.174. The molecule has 0 fully saturated rings. The van der Waals surface area contributed by atoms with Crippen LogP contribution in [0.2, 0.25) is 0 Å².